The van der Waals surface area contributed by atoms with Gasteiger partial charge in [0.25, 0.3) is 5.56 Å². The van der Waals surface area contributed by atoms with Crippen molar-refractivity contribution in [3.05, 3.63) is 104 Å². The Kier molecular flexibility index (Phi) is 5.45. The van der Waals surface area contributed by atoms with Crippen LogP contribution in [-0.4, -0.2) is 20.6 Å². The molecule has 0 N–H and O–H groups in total. The van der Waals surface area contributed by atoms with Crippen LogP contribution in [0.4, 0.5) is 4.39 Å². The van der Waals surface area contributed by atoms with Crippen molar-refractivity contribution in [1.82, 2.24) is 14.0 Å². The maximum atomic E-state index is 14.1. The summed E-state index contributed by atoms with van der Waals surface area (Å²) in [7, 11) is 0. The van der Waals surface area contributed by atoms with E-state index in [1.165, 1.54) is 16.2 Å². The average Bonchev–Trinajstić information content (AvgIpc) is 2.74. The highest BCUT2D eigenvalue weighted by molar-refractivity contribution is 5.24. The van der Waals surface area contributed by atoms with Crippen LogP contribution < -0.4 is 11.2 Å². The minimum Gasteiger partial charge on any atom is -0.297 e. The third-order valence-corrected chi connectivity index (χ3v) is 5.54. The van der Waals surface area contributed by atoms with Gasteiger partial charge in [0.15, 0.2) is 0 Å². The largest absolute Gasteiger partial charge is 0.331 e. The molecule has 6 heteroatoms. The molecular weight excluding hydrogens is 369 g/mol. The molecule has 5 nitrogen and oxygen atoms in total. The van der Waals surface area contributed by atoms with E-state index in [4.69, 9.17) is 0 Å². The molecule has 0 amide bonds. The Morgan fingerprint density at radius 1 is 0.931 bits per heavy atom. The smallest absolute Gasteiger partial charge is 0.297 e. The van der Waals surface area contributed by atoms with Crippen molar-refractivity contribution in [1.29, 1.82) is 0 Å². The second kappa shape index (κ2) is 8.17. The van der Waals surface area contributed by atoms with Gasteiger partial charge in [-0.25, -0.2) is 9.18 Å². The van der Waals surface area contributed by atoms with Crippen LogP contribution in [0.15, 0.2) is 64.2 Å². The third-order valence-electron chi connectivity index (χ3n) is 5.54. The van der Waals surface area contributed by atoms with E-state index in [2.05, 4.69) is 17.0 Å². The molecule has 0 spiro atoms. The molecular formula is C23H24FN3O2. The van der Waals surface area contributed by atoms with Crippen LogP contribution in [0.1, 0.15) is 29.3 Å². The fourth-order valence-electron chi connectivity index (χ4n) is 4.05. The topological polar surface area (TPSA) is 47.2 Å². The van der Waals surface area contributed by atoms with E-state index >= 15 is 0 Å². The molecule has 1 aliphatic rings. The van der Waals surface area contributed by atoms with Gasteiger partial charge in [-0.05, 0) is 18.6 Å². The van der Waals surface area contributed by atoms with Crippen molar-refractivity contribution in [3.63, 3.8) is 0 Å². The van der Waals surface area contributed by atoms with Gasteiger partial charge in [0.1, 0.15) is 5.82 Å². The first-order chi connectivity index (χ1) is 14.1. The molecule has 3 aromatic rings. The van der Waals surface area contributed by atoms with Crippen LogP contribution in [0.5, 0.6) is 0 Å². The Balaban J connectivity index is 1.72. The van der Waals surface area contributed by atoms with Crippen LogP contribution in [0, 0.1) is 5.82 Å². The molecule has 0 saturated heterocycles. The normalized spacial score (nSPS) is 14.0. The van der Waals surface area contributed by atoms with E-state index in [1.807, 2.05) is 25.1 Å². The number of benzene rings is 2. The van der Waals surface area contributed by atoms with Crippen LogP contribution >= 0.6 is 0 Å². The SMILES string of the molecule is CCn1c2c(c(=O)n(Cc3ccccc3F)c1=O)CN(Cc1ccccc1)CC2. The summed E-state index contributed by atoms with van der Waals surface area (Å²) in [4.78, 5) is 28.4. The van der Waals surface area contributed by atoms with Crippen LogP contribution in [-0.2, 0) is 32.6 Å². The molecule has 0 unspecified atom stereocenters. The lowest BCUT2D eigenvalue weighted by molar-refractivity contribution is 0.236. The van der Waals surface area contributed by atoms with Crippen LogP contribution in [0.3, 0.4) is 0 Å². The first-order valence-corrected chi connectivity index (χ1v) is 9.93. The monoisotopic (exact) mass is 393 g/mol. The standard InChI is InChI=1S/C23H24FN3O2/c1-2-26-21-12-13-25(14-17-8-4-3-5-9-17)16-19(21)22(28)27(23(26)29)15-18-10-6-7-11-20(18)24/h3-11H,2,12-16H2,1H3. The average molecular weight is 393 g/mol. The fraction of sp³-hybridized carbons (Fsp3) is 0.304. The first kappa shape index (κ1) is 19.3. The van der Waals surface area contributed by atoms with Crippen molar-refractivity contribution in [2.24, 2.45) is 0 Å². The number of fused-ring (bicyclic) bond motifs is 1. The maximum Gasteiger partial charge on any atom is 0.331 e. The number of rotatable bonds is 5. The summed E-state index contributed by atoms with van der Waals surface area (Å²) in [5.74, 6) is -0.412. The Morgan fingerprint density at radius 3 is 2.38 bits per heavy atom. The van der Waals surface area contributed by atoms with Crippen molar-refractivity contribution < 1.29 is 4.39 Å². The zero-order valence-electron chi connectivity index (χ0n) is 16.5. The predicted octanol–water partition coefficient (Wildman–Crippen LogP) is 2.78. The number of aromatic nitrogens is 2. The third kappa shape index (κ3) is 3.80. The molecule has 0 fully saturated rings. The summed E-state index contributed by atoms with van der Waals surface area (Å²) in [5.41, 5.74) is 2.31. The van der Waals surface area contributed by atoms with Gasteiger partial charge in [0.05, 0.1) is 12.1 Å². The van der Waals surface area contributed by atoms with E-state index in [0.29, 0.717) is 30.6 Å². The van der Waals surface area contributed by atoms with Crippen LogP contribution in [0.2, 0.25) is 0 Å². The molecule has 2 heterocycles. The van der Waals surface area contributed by atoms with Gasteiger partial charge in [0, 0.05) is 43.9 Å². The Labute approximate surface area is 168 Å². The van der Waals surface area contributed by atoms with Crippen molar-refractivity contribution in [3.8, 4) is 0 Å². The number of nitrogens with zero attached hydrogens (tertiary/aromatic N) is 3. The van der Waals surface area contributed by atoms with Crippen molar-refractivity contribution >= 4 is 0 Å². The molecule has 1 aliphatic heterocycles. The molecule has 1 aromatic heterocycles. The summed E-state index contributed by atoms with van der Waals surface area (Å²) >= 11 is 0. The Morgan fingerprint density at radius 2 is 1.66 bits per heavy atom. The lowest BCUT2D eigenvalue weighted by Gasteiger charge is -2.30. The van der Waals surface area contributed by atoms with Crippen LogP contribution in [0.25, 0.3) is 0 Å². The lowest BCUT2D eigenvalue weighted by atomic mass is 10.0. The zero-order valence-corrected chi connectivity index (χ0v) is 16.5. The Hall–Kier alpha value is -2.99. The molecule has 29 heavy (non-hydrogen) atoms. The molecule has 150 valence electrons. The minimum atomic E-state index is -0.412. The highest BCUT2D eigenvalue weighted by Gasteiger charge is 2.25. The molecule has 0 atom stereocenters. The highest BCUT2D eigenvalue weighted by Crippen LogP contribution is 2.18. The molecule has 4 rings (SSSR count). The predicted molar refractivity (Wildman–Crippen MR) is 110 cm³/mol. The van der Waals surface area contributed by atoms with Gasteiger partial charge in [-0.3, -0.25) is 18.8 Å². The summed E-state index contributed by atoms with van der Waals surface area (Å²) in [6.07, 6.45) is 0.654. The van der Waals surface area contributed by atoms with E-state index < -0.39 is 5.82 Å². The second-order valence-corrected chi connectivity index (χ2v) is 7.38. The van der Waals surface area contributed by atoms with E-state index in [-0.39, 0.29) is 17.8 Å². The lowest BCUT2D eigenvalue weighted by Crippen LogP contribution is -2.47. The Bertz CT molecular complexity index is 1140. The summed E-state index contributed by atoms with van der Waals surface area (Å²) in [6.45, 7) is 4.35. The second-order valence-electron chi connectivity index (χ2n) is 7.38. The van der Waals surface area contributed by atoms with E-state index in [1.54, 1.807) is 22.8 Å². The summed E-state index contributed by atoms with van der Waals surface area (Å²) < 4.78 is 17.0. The fourth-order valence-corrected chi connectivity index (χ4v) is 4.05. The van der Waals surface area contributed by atoms with E-state index in [0.717, 1.165) is 18.8 Å². The minimum absolute atomic E-state index is 0.0592. The number of hydrogen-bond donors (Lipinski definition) is 0. The number of halogens is 1. The molecule has 0 saturated carbocycles. The van der Waals surface area contributed by atoms with Gasteiger partial charge >= 0.3 is 5.69 Å². The van der Waals surface area contributed by atoms with Gasteiger partial charge in [0.2, 0.25) is 0 Å². The van der Waals surface area contributed by atoms with Crippen molar-refractivity contribution in [2.75, 3.05) is 6.54 Å². The molecule has 0 aliphatic carbocycles. The van der Waals surface area contributed by atoms with Gasteiger partial charge in [-0.1, -0.05) is 48.5 Å². The summed E-state index contributed by atoms with van der Waals surface area (Å²) in [5, 5.41) is 0. The quantitative estimate of drug-likeness (QED) is 0.670. The van der Waals surface area contributed by atoms with Gasteiger partial charge in [-0.2, -0.15) is 0 Å². The highest BCUT2D eigenvalue weighted by atomic mass is 19.1. The summed E-state index contributed by atoms with van der Waals surface area (Å²) in [6, 6.07) is 16.4. The molecule has 0 bridgehead atoms. The maximum absolute atomic E-state index is 14.1. The number of hydrogen-bond acceptors (Lipinski definition) is 3. The first-order valence-electron chi connectivity index (χ1n) is 9.93. The molecule has 2 aromatic carbocycles. The zero-order chi connectivity index (χ0) is 20.4. The van der Waals surface area contributed by atoms with E-state index in [9.17, 15) is 14.0 Å². The van der Waals surface area contributed by atoms with Gasteiger partial charge in [-0.15, -0.1) is 0 Å². The van der Waals surface area contributed by atoms with Gasteiger partial charge < -0.3 is 0 Å². The van der Waals surface area contributed by atoms with Crippen molar-refractivity contribution in [2.45, 2.75) is 39.5 Å². The molecule has 0 radical (unpaired) electrons.